The van der Waals surface area contributed by atoms with Crippen LogP contribution in [-0.2, 0) is 0 Å². The Kier molecular flexibility index (Phi) is 6.32. The number of ether oxygens (including phenoxy) is 2. The van der Waals surface area contributed by atoms with Gasteiger partial charge in [-0.25, -0.2) is 0 Å². The van der Waals surface area contributed by atoms with Gasteiger partial charge < -0.3 is 14.8 Å². The Bertz CT molecular complexity index is 318. The number of nitrogens with zero attached hydrogens (tertiary/aromatic N) is 2. The van der Waals surface area contributed by atoms with Crippen LogP contribution in [0.3, 0.4) is 0 Å². The van der Waals surface area contributed by atoms with E-state index in [1.54, 1.807) is 12.4 Å². The first-order valence-corrected chi connectivity index (χ1v) is 6.03. The van der Waals surface area contributed by atoms with Crippen LogP contribution in [0.25, 0.3) is 0 Å². The maximum atomic E-state index is 5.46. The molecule has 1 rings (SSSR count). The summed E-state index contributed by atoms with van der Waals surface area (Å²) in [6.45, 7) is 8.25. The van der Waals surface area contributed by atoms with Crippen LogP contribution in [-0.4, -0.2) is 35.8 Å². The van der Waals surface area contributed by atoms with E-state index >= 15 is 0 Å². The van der Waals surface area contributed by atoms with E-state index < -0.39 is 0 Å². The van der Waals surface area contributed by atoms with Crippen LogP contribution in [0.4, 0.5) is 0 Å². The molecule has 1 N–H and O–H groups in total. The number of rotatable bonds is 8. The van der Waals surface area contributed by atoms with Crippen molar-refractivity contribution in [2.24, 2.45) is 0 Å². The zero-order chi connectivity index (χ0) is 12.5. The first-order valence-electron chi connectivity index (χ1n) is 6.03. The summed E-state index contributed by atoms with van der Waals surface area (Å²) in [4.78, 5) is 8.21. The molecule has 0 saturated carbocycles. The number of aromatic nitrogens is 2. The van der Waals surface area contributed by atoms with E-state index in [0.717, 1.165) is 13.0 Å². The smallest absolute Gasteiger partial charge is 0.235 e. The number of hydrogen-bond acceptors (Lipinski definition) is 5. The van der Waals surface area contributed by atoms with Gasteiger partial charge in [-0.2, -0.15) is 4.98 Å². The monoisotopic (exact) mass is 239 g/mol. The first kappa shape index (κ1) is 13.7. The summed E-state index contributed by atoms with van der Waals surface area (Å²) in [5, 5.41) is 3.26. The van der Waals surface area contributed by atoms with E-state index in [0.29, 0.717) is 31.0 Å². The Morgan fingerprint density at radius 2 is 1.82 bits per heavy atom. The minimum atomic E-state index is 0.462. The molecule has 0 radical (unpaired) electrons. The van der Waals surface area contributed by atoms with Crippen molar-refractivity contribution in [3.63, 3.8) is 0 Å². The van der Waals surface area contributed by atoms with Gasteiger partial charge in [0.25, 0.3) is 0 Å². The molecule has 0 saturated heterocycles. The van der Waals surface area contributed by atoms with Gasteiger partial charge in [0.05, 0.1) is 19.0 Å². The molecule has 0 unspecified atom stereocenters. The SMILES string of the molecule is CCCOc1cncc(OCCNC(C)C)n1. The van der Waals surface area contributed by atoms with Crippen molar-refractivity contribution in [3.05, 3.63) is 12.4 Å². The highest BCUT2D eigenvalue weighted by Crippen LogP contribution is 2.10. The molecule has 0 spiro atoms. The van der Waals surface area contributed by atoms with E-state index in [9.17, 15) is 0 Å². The van der Waals surface area contributed by atoms with Gasteiger partial charge in [-0.05, 0) is 6.42 Å². The van der Waals surface area contributed by atoms with Crippen LogP contribution < -0.4 is 14.8 Å². The largest absolute Gasteiger partial charge is 0.477 e. The summed E-state index contributed by atoms with van der Waals surface area (Å²) in [6.07, 6.45) is 4.13. The highest BCUT2D eigenvalue weighted by Gasteiger charge is 2.00. The van der Waals surface area contributed by atoms with Crippen molar-refractivity contribution in [3.8, 4) is 11.8 Å². The van der Waals surface area contributed by atoms with Crippen LogP contribution in [0.15, 0.2) is 12.4 Å². The number of nitrogens with one attached hydrogen (secondary N) is 1. The summed E-state index contributed by atoms with van der Waals surface area (Å²) in [6, 6.07) is 0.462. The van der Waals surface area contributed by atoms with Gasteiger partial charge in [-0.15, -0.1) is 0 Å². The number of hydrogen-bond donors (Lipinski definition) is 1. The van der Waals surface area contributed by atoms with Gasteiger partial charge in [0, 0.05) is 12.6 Å². The zero-order valence-corrected chi connectivity index (χ0v) is 10.8. The van der Waals surface area contributed by atoms with E-state index in [2.05, 4.69) is 29.1 Å². The minimum absolute atomic E-state index is 0.462. The molecule has 5 nitrogen and oxygen atoms in total. The third-order valence-corrected chi connectivity index (χ3v) is 1.95. The van der Waals surface area contributed by atoms with Gasteiger partial charge in [0.2, 0.25) is 11.8 Å². The average molecular weight is 239 g/mol. The second kappa shape index (κ2) is 7.84. The molecule has 0 fully saturated rings. The quantitative estimate of drug-likeness (QED) is 0.699. The topological polar surface area (TPSA) is 56.3 Å². The molecule has 17 heavy (non-hydrogen) atoms. The van der Waals surface area contributed by atoms with Crippen LogP contribution in [0.2, 0.25) is 0 Å². The normalized spacial score (nSPS) is 10.6. The molecule has 1 aromatic heterocycles. The predicted octanol–water partition coefficient (Wildman–Crippen LogP) is 1.64. The van der Waals surface area contributed by atoms with Crippen LogP contribution >= 0.6 is 0 Å². The predicted molar refractivity (Wildman–Crippen MR) is 66.5 cm³/mol. The molecule has 0 amide bonds. The van der Waals surface area contributed by atoms with Crippen LogP contribution in [0.1, 0.15) is 27.2 Å². The van der Waals surface area contributed by atoms with E-state index in [4.69, 9.17) is 9.47 Å². The van der Waals surface area contributed by atoms with Crippen molar-refractivity contribution in [2.45, 2.75) is 33.2 Å². The van der Waals surface area contributed by atoms with Crippen molar-refractivity contribution in [2.75, 3.05) is 19.8 Å². The van der Waals surface area contributed by atoms with Gasteiger partial charge in [0.1, 0.15) is 6.61 Å². The van der Waals surface area contributed by atoms with Gasteiger partial charge in [-0.1, -0.05) is 20.8 Å². The van der Waals surface area contributed by atoms with Crippen LogP contribution in [0, 0.1) is 0 Å². The Morgan fingerprint density at radius 3 is 2.41 bits per heavy atom. The van der Waals surface area contributed by atoms with Crippen LogP contribution in [0.5, 0.6) is 11.8 Å². The summed E-state index contributed by atoms with van der Waals surface area (Å²) in [7, 11) is 0. The third-order valence-electron chi connectivity index (χ3n) is 1.95. The lowest BCUT2D eigenvalue weighted by Crippen LogP contribution is -2.27. The van der Waals surface area contributed by atoms with Crippen molar-refractivity contribution >= 4 is 0 Å². The second-order valence-electron chi connectivity index (χ2n) is 4.00. The minimum Gasteiger partial charge on any atom is -0.477 e. The average Bonchev–Trinajstić information content (AvgIpc) is 2.32. The lowest BCUT2D eigenvalue weighted by molar-refractivity contribution is 0.274. The maximum absolute atomic E-state index is 5.46. The fourth-order valence-electron chi connectivity index (χ4n) is 1.18. The molecule has 0 bridgehead atoms. The fraction of sp³-hybridized carbons (Fsp3) is 0.667. The molecule has 0 atom stereocenters. The third kappa shape index (κ3) is 6.06. The van der Waals surface area contributed by atoms with E-state index in [1.165, 1.54) is 0 Å². The van der Waals surface area contributed by atoms with Crippen molar-refractivity contribution in [1.82, 2.24) is 15.3 Å². The van der Waals surface area contributed by atoms with Gasteiger partial charge in [-0.3, -0.25) is 4.98 Å². The molecule has 0 aromatic carbocycles. The Labute approximate surface area is 103 Å². The lowest BCUT2D eigenvalue weighted by atomic mass is 10.4. The zero-order valence-electron chi connectivity index (χ0n) is 10.8. The van der Waals surface area contributed by atoms with Crippen molar-refractivity contribution in [1.29, 1.82) is 0 Å². The standard InChI is InChI=1S/C12H21N3O2/c1-4-6-16-11-8-13-9-12(15-11)17-7-5-14-10(2)3/h8-10,14H,4-7H2,1-3H3. The van der Waals surface area contributed by atoms with E-state index in [1.807, 2.05) is 6.92 Å². The summed E-state index contributed by atoms with van der Waals surface area (Å²) in [5.74, 6) is 1.02. The molecule has 0 aliphatic rings. The second-order valence-corrected chi connectivity index (χ2v) is 4.00. The highest BCUT2D eigenvalue weighted by molar-refractivity contribution is 5.12. The van der Waals surface area contributed by atoms with E-state index in [-0.39, 0.29) is 0 Å². The Balaban J connectivity index is 2.32. The molecular formula is C12H21N3O2. The van der Waals surface area contributed by atoms with Crippen molar-refractivity contribution < 1.29 is 9.47 Å². The summed E-state index contributed by atoms with van der Waals surface area (Å²) in [5.41, 5.74) is 0. The molecule has 0 aliphatic heterocycles. The molecule has 5 heteroatoms. The van der Waals surface area contributed by atoms with Gasteiger partial charge in [0.15, 0.2) is 0 Å². The highest BCUT2D eigenvalue weighted by atomic mass is 16.5. The summed E-state index contributed by atoms with van der Waals surface area (Å²) < 4.78 is 10.8. The molecule has 96 valence electrons. The Morgan fingerprint density at radius 1 is 1.18 bits per heavy atom. The lowest BCUT2D eigenvalue weighted by Gasteiger charge is -2.09. The molecular weight excluding hydrogens is 218 g/mol. The fourth-order valence-corrected chi connectivity index (χ4v) is 1.18. The first-order chi connectivity index (χ1) is 8.22. The Hall–Kier alpha value is -1.36. The molecule has 0 aliphatic carbocycles. The molecule has 1 aromatic rings. The maximum Gasteiger partial charge on any atom is 0.235 e. The van der Waals surface area contributed by atoms with Gasteiger partial charge >= 0.3 is 0 Å². The summed E-state index contributed by atoms with van der Waals surface area (Å²) >= 11 is 0. The molecule has 1 heterocycles.